The van der Waals surface area contributed by atoms with Gasteiger partial charge >= 0.3 is 10.4 Å². The third-order valence-corrected chi connectivity index (χ3v) is 2.42. The van der Waals surface area contributed by atoms with Crippen molar-refractivity contribution < 1.29 is 16.8 Å². The van der Waals surface area contributed by atoms with Crippen molar-refractivity contribution in [3.8, 4) is 0 Å². The highest BCUT2D eigenvalue weighted by atomic mass is 32.3. The Bertz CT molecular complexity index is 290. The van der Waals surface area contributed by atoms with Crippen LogP contribution in [0.2, 0.25) is 0 Å². The van der Waals surface area contributed by atoms with Gasteiger partial charge in [-0.05, 0) is 26.7 Å². The molecule has 0 atom stereocenters. The molecule has 0 saturated carbocycles. The van der Waals surface area contributed by atoms with Crippen LogP contribution in [-0.4, -0.2) is 21.6 Å². The summed E-state index contributed by atoms with van der Waals surface area (Å²) < 4.78 is 31.3. The molecule has 0 aromatic rings. The lowest BCUT2D eigenvalue weighted by molar-refractivity contribution is 0.218. The molecule has 0 bridgehead atoms. The summed E-state index contributed by atoms with van der Waals surface area (Å²) >= 11 is 0. The minimum absolute atomic E-state index is 0.0741. The third kappa shape index (κ3) is 9.65. The second-order valence-corrected chi connectivity index (χ2v) is 4.75. The van der Waals surface area contributed by atoms with E-state index in [1.807, 2.05) is 0 Å². The lowest BCUT2D eigenvalue weighted by atomic mass is 10.3. The lowest BCUT2D eigenvalue weighted by Crippen LogP contribution is -2.12. The summed E-state index contributed by atoms with van der Waals surface area (Å²) in [5, 5.41) is 0. The van der Waals surface area contributed by atoms with Crippen LogP contribution in [0, 0.1) is 0 Å². The van der Waals surface area contributed by atoms with Crippen LogP contribution in [0.25, 0.3) is 0 Å². The molecule has 0 rings (SSSR count). The standard InChI is InChI=1S/C10H18O4S/c1-9(2)5-7-13-15(11,12)14-8-6-10(3)4/h1,3,5-8H2,2,4H3. The van der Waals surface area contributed by atoms with Crippen molar-refractivity contribution in [3.63, 3.8) is 0 Å². The van der Waals surface area contributed by atoms with Crippen molar-refractivity contribution >= 4 is 10.4 Å². The van der Waals surface area contributed by atoms with Crippen LogP contribution >= 0.6 is 0 Å². The van der Waals surface area contributed by atoms with E-state index in [1.54, 1.807) is 13.8 Å². The van der Waals surface area contributed by atoms with E-state index in [2.05, 4.69) is 21.5 Å². The third-order valence-electron chi connectivity index (χ3n) is 1.51. The fraction of sp³-hybridized carbons (Fsp3) is 0.600. The topological polar surface area (TPSA) is 52.6 Å². The molecule has 0 radical (unpaired) electrons. The number of hydrogen-bond donors (Lipinski definition) is 0. The van der Waals surface area contributed by atoms with Gasteiger partial charge in [-0.1, -0.05) is 11.1 Å². The van der Waals surface area contributed by atoms with E-state index in [0.717, 1.165) is 11.1 Å². The van der Waals surface area contributed by atoms with Crippen LogP contribution in [0.4, 0.5) is 0 Å². The van der Waals surface area contributed by atoms with Gasteiger partial charge in [-0.15, -0.1) is 13.2 Å². The zero-order chi connectivity index (χ0) is 11.9. The second-order valence-electron chi connectivity index (χ2n) is 3.47. The molecule has 0 heterocycles. The van der Waals surface area contributed by atoms with E-state index in [-0.39, 0.29) is 13.2 Å². The van der Waals surface area contributed by atoms with Crippen molar-refractivity contribution in [2.24, 2.45) is 0 Å². The SMILES string of the molecule is C=C(C)CCOS(=O)(=O)OCCC(=C)C. The van der Waals surface area contributed by atoms with Crippen molar-refractivity contribution in [2.75, 3.05) is 13.2 Å². The first-order valence-corrected chi connectivity index (χ1v) is 5.99. The lowest BCUT2D eigenvalue weighted by Gasteiger charge is -2.05. The van der Waals surface area contributed by atoms with Gasteiger partial charge < -0.3 is 0 Å². The highest BCUT2D eigenvalue weighted by Gasteiger charge is 2.10. The van der Waals surface area contributed by atoms with Gasteiger partial charge in [-0.2, -0.15) is 8.42 Å². The Labute approximate surface area is 91.9 Å². The second kappa shape index (κ2) is 6.76. The van der Waals surface area contributed by atoms with E-state index >= 15 is 0 Å². The average Bonchev–Trinajstić information content (AvgIpc) is 2.01. The van der Waals surface area contributed by atoms with Gasteiger partial charge in [-0.25, -0.2) is 8.37 Å². The predicted molar refractivity (Wildman–Crippen MR) is 59.7 cm³/mol. The van der Waals surface area contributed by atoms with Crippen molar-refractivity contribution in [3.05, 3.63) is 24.3 Å². The van der Waals surface area contributed by atoms with Gasteiger partial charge in [0.1, 0.15) is 0 Å². The first-order chi connectivity index (χ1) is 6.83. The maximum Gasteiger partial charge on any atom is 0.399 e. The fourth-order valence-electron chi connectivity index (χ4n) is 0.670. The van der Waals surface area contributed by atoms with Crippen LogP contribution in [-0.2, 0) is 18.8 Å². The number of hydrogen-bond acceptors (Lipinski definition) is 4. The maximum atomic E-state index is 11.1. The first kappa shape index (κ1) is 14.3. The zero-order valence-corrected chi connectivity index (χ0v) is 10.1. The monoisotopic (exact) mass is 234 g/mol. The molecule has 15 heavy (non-hydrogen) atoms. The molecular weight excluding hydrogens is 216 g/mol. The van der Waals surface area contributed by atoms with Gasteiger partial charge in [0, 0.05) is 0 Å². The summed E-state index contributed by atoms with van der Waals surface area (Å²) in [7, 11) is -3.86. The Morgan fingerprint density at radius 2 is 1.33 bits per heavy atom. The van der Waals surface area contributed by atoms with E-state index in [0.29, 0.717) is 12.8 Å². The van der Waals surface area contributed by atoms with E-state index in [9.17, 15) is 8.42 Å². The summed E-state index contributed by atoms with van der Waals surface area (Å²) in [6.45, 7) is 11.0. The van der Waals surface area contributed by atoms with Crippen LogP contribution in [0.3, 0.4) is 0 Å². The summed E-state index contributed by atoms with van der Waals surface area (Å²) in [4.78, 5) is 0. The molecule has 4 nitrogen and oxygen atoms in total. The molecular formula is C10H18O4S. The molecule has 0 aromatic heterocycles. The summed E-state index contributed by atoms with van der Waals surface area (Å²) in [6.07, 6.45) is 1.01. The molecule has 0 aromatic carbocycles. The minimum atomic E-state index is -3.86. The molecule has 0 aliphatic carbocycles. The largest absolute Gasteiger partial charge is 0.399 e. The Kier molecular flexibility index (Phi) is 6.47. The van der Waals surface area contributed by atoms with Gasteiger partial charge in [0.15, 0.2) is 0 Å². The molecule has 0 N–H and O–H groups in total. The number of rotatable bonds is 8. The van der Waals surface area contributed by atoms with Crippen molar-refractivity contribution in [2.45, 2.75) is 26.7 Å². The summed E-state index contributed by atoms with van der Waals surface area (Å²) in [5.41, 5.74) is 1.74. The molecule has 0 aliphatic rings. The molecule has 0 unspecified atom stereocenters. The minimum Gasteiger partial charge on any atom is -0.248 e. The van der Waals surface area contributed by atoms with Crippen LogP contribution in [0.1, 0.15) is 26.7 Å². The Hall–Kier alpha value is -0.650. The van der Waals surface area contributed by atoms with E-state index < -0.39 is 10.4 Å². The molecule has 88 valence electrons. The zero-order valence-electron chi connectivity index (χ0n) is 9.28. The van der Waals surface area contributed by atoms with Crippen LogP contribution in [0.15, 0.2) is 24.3 Å². The van der Waals surface area contributed by atoms with Gasteiger partial charge in [0.25, 0.3) is 0 Å². The molecule has 0 aliphatic heterocycles. The average molecular weight is 234 g/mol. The summed E-state index contributed by atoms with van der Waals surface area (Å²) in [6, 6.07) is 0. The van der Waals surface area contributed by atoms with E-state index in [1.165, 1.54) is 0 Å². The smallest absolute Gasteiger partial charge is 0.248 e. The Morgan fingerprint density at radius 1 is 1.00 bits per heavy atom. The molecule has 5 heteroatoms. The van der Waals surface area contributed by atoms with Crippen LogP contribution in [0.5, 0.6) is 0 Å². The van der Waals surface area contributed by atoms with Gasteiger partial charge in [0.05, 0.1) is 13.2 Å². The Morgan fingerprint density at radius 3 is 1.60 bits per heavy atom. The van der Waals surface area contributed by atoms with Crippen LogP contribution < -0.4 is 0 Å². The predicted octanol–water partition coefficient (Wildman–Crippen LogP) is 2.20. The fourth-order valence-corrected chi connectivity index (χ4v) is 1.31. The van der Waals surface area contributed by atoms with Gasteiger partial charge in [0.2, 0.25) is 0 Å². The highest BCUT2D eigenvalue weighted by Crippen LogP contribution is 2.04. The van der Waals surface area contributed by atoms with Crippen molar-refractivity contribution in [1.82, 2.24) is 0 Å². The highest BCUT2D eigenvalue weighted by molar-refractivity contribution is 7.81. The maximum absolute atomic E-state index is 11.1. The molecule has 0 amide bonds. The summed E-state index contributed by atoms with van der Waals surface area (Å²) in [5.74, 6) is 0. The first-order valence-electron chi connectivity index (χ1n) is 4.66. The Balaban J connectivity index is 3.77. The molecule has 0 fully saturated rings. The van der Waals surface area contributed by atoms with Gasteiger partial charge in [-0.3, -0.25) is 0 Å². The quantitative estimate of drug-likeness (QED) is 0.604. The van der Waals surface area contributed by atoms with E-state index in [4.69, 9.17) is 0 Å². The van der Waals surface area contributed by atoms with Crippen molar-refractivity contribution in [1.29, 1.82) is 0 Å². The molecule has 0 spiro atoms. The molecule has 0 saturated heterocycles. The normalized spacial score (nSPS) is 11.3.